The van der Waals surface area contributed by atoms with Crippen LogP contribution in [0.25, 0.3) is 6.08 Å². The standard InChI is InChI=1S/C23H21ClN2O6S/c1-13(2)32-18-7-5-4-6-14(18)10-19-21(28)26(23(30)33-19)12-20(27)25-15-8-9-17(24)16(11-15)22(29)31-3/h4-11,13H,12H2,1-3H3,(H,25,27)/b19-10-. The highest BCUT2D eigenvalue weighted by atomic mass is 35.5. The van der Waals surface area contributed by atoms with E-state index in [1.54, 1.807) is 24.3 Å². The summed E-state index contributed by atoms with van der Waals surface area (Å²) in [5.74, 6) is -1.26. The lowest BCUT2D eigenvalue weighted by molar-refractivity contribution is -0.127. The Hall–Kier alpha value is -3.30. The number of nitrogens with zero attached hydrogens (tertiary/aromatic N) is 1. The molecule has 0 aliphatic carbocycles. The number of carbonyl (C=O) groups excluding carboxylic acids is 4. The topological polar surface area (TPSA) is 102 Å². The number of rotatable bonds is 7. The van der Waals surface area contributed by atoms with Crippen molar-refractivity contribution >= 4 is 58.1 Å². The Kier molecular flexibility index (Phi) is 7.78. The molecule has 1 fully saturated rings. The van der Waals surface area contributed by atoms with Gasteiger partial charge in [0, 0.05) is 11.3 Å². The van der Waals surface area contributed by atoms with Crippen LogP contribution in [0.1, 0.15) is 29.8 Å². The third-order valence-corrected chi connectivity index (χ3v) is 5.64. The molecule has 0 radical (unpaired) electrons. The molecular weight excluding hydrogens is 468 g/mol. The maximum atomic E-state index is 12.8. The molecule has 2 aromatic rings. The third-order valence-electron chi connectivity index (χ3n) is 4.40. The van der Waals surface area contributed by atoms with Crippen molar-refractivity contribution in [3.63, 3.8) is 0 Å². The molecule has 1 heterocycles. The Balaban J connectivity index is 1.73. The van der Waals surface area contributed by atoms with Crippen LogP contribution in [0, 0.1) is 0 Å². The van der Waals surface area contributed by atoms with Crippen LogP contribution in [0.4, 0.5) is 10.5 Å². The highest BCUT2D eigenvalue weighted by Crippen LogP contribution is 2.34. The maximum absolute atomic E-state index is 12.8. The summed E-state index contributed by atoms with van der Waals surface area (Å²) in [6.45, 7) is 3.29. The molecule has 0 aromatic heterocycles. The number of carbonyl (C=O) groups is 4. The van der Waals surface area contributed by atoms with E-state index in [2.05, 4.69) is 10.1 Å². The summed E-state index contributed by atoms with van der Waals surface area (Å²) in [6.07, 6.45) is 1.51. The summed E-state index contributed by atoms with van der Waals surface area (Å²) in [5, 5.41) is 2.16. The van der Waals surface area contributed by atoms with Gasteiger partial charge in [0.1, 0.15) is 12.3 Å². The zero-order chi connectivity index (χ0) is 24.1. The first-order valence-electron chi connectivity index (χ1n) is 9.88. The van der Waals surface area contributed by atoms with Crippen molar-refractivity contribution in [3.8, 4) is 5.75 Å². The number of nitrogens with one attached hydrogen (secondary N) is 1. The molecule has 0 saturated carbocycles. The van der Waals surface area contributed by atoms with E-state index in [9.17, 15) is 19.2 Å². The van der Waals surface area contributed by atoms with Crippen LogP contribution in [-0.4, -0.2) is 47.7 Å². The number of anilines is 1. The summed E-state index contributed by atoms with van der Waals surface area (Å²) in [4.78, 5) is 50.5. The van der Waals surface area contributed by atoms with E-state index in [0.717, 1.165) is 16.7 Å². The number of methoxy groups -OCH3 is 1. The number of amides is 3. The van der Waals surface area contributed by atoms with Gasteiger partial charge in [-0.15, -0.1) is 0 Å². The van der Waals surface area contributed by atoms with Gasteiger partial charge in [-0.1, -0.05) is 29.8 Å². The lowest BCUT2D eigenvalue weighted by Gasteiger charge is -2.13. The van der Waals surface area contributed by atoms with Crippen LogP contribution in [-0.2, 0) is 14.3 Å². The number of ether oxygens (including phenoxy) is 2. The number of para-hydroxylation sites is 1. The number of benzene rings is 2. The van der Waals surface area contributed by atoms with E-state index < -0.39 is 29.6 Å². The molecule has 8 nitrogen and oxygen atoms in total. The van der Waals surface area contributed by atoms with Gasteiger partial charge in [-0.3, -0.25) is 19.3 Å². The highest BCUT2D eigenvalue weighted by Gasteiger charge is 2.36. The van der Waals surface area contributed by atoms with Crippen LogP contribution < -0.4 is 10.1 Å². The van der Waals surface area contributed by atoms with Crippen molar-refractivity contribution in [3.05, 3.63) is 63.5 Å². The highest BCUT2D eigenvalue weighted by molar-refractivity contribution is 8.18. The Morgan fingerprint density at radius 2 is 1.91 bits per heavy atom. The Morgan fingerprint density at radius 1 is 1.18 bits per heavy atom. The number of thioether (sulfide) groups is 1. The second kappa shape index (κ2) is 10.5. The zero-order valence-corrected chi connectivity index (χ0v) is 19.7. The molecule has 10 heteroatoms. The number of hydrogen-bond acceptors (Lipinski definition) is 7. The second-order valence-electron chi connectivity index (χ2n) is 7.21. The molecule has 0 bridgehead atoms. The van der Waals surface area contributed by atoms with Crippen molar-refractivity contribution in [1.82, 2.24) is 4.90 Å². The average Bonchev–Trinajstić information content (AvgIpc) is 3.02. The molecule has 3 amide bonds. The molecule has 3 rings (SSSR count). The fraction of sp³-hybridized carbons (Fsp3) is 0.217. The summed E-state index contributed by atoms with van der Waals surface area (Å²) >= 11 is 6.72. The number of halogens is 1. The van der Waals surface area contributed by atoms with E-state index >= 15 is 0 Å². The number of imide groups is 1. The average molecular weight is 489 g/mol. The molecule has 1 aliphatic rings. The molecule has 1 aliphatic heterocycles. The van der Waals surface area contributed by atoms with Gasteiger partial charge in [-0.25, -0.2) is 4.79 Å². The minimum absolute atomic E-state index is 0.0640. The van der Waals surface area contributed by atoms with Crippen LogP contribution in [0.15, 0.2) is 47.4 Å². The zero-order valence-electron chi connectivity index (χ0n) is 18.1. The SMILES string of the molecule is COC(=O)c1cc(NC(=O)CN2C(=O)S/C(=C\c3ccccc3OC(C)C)C2=O)ccc1Cl. The number of esters is 1. The quantitative estimate of drug-likeness (QED) is 0.449. The van der Waals surface area contributed by atoms with Gasteiger partial charge in [0.05, 0.1) is 28.7 Å². The van der Waals surface area contributed by atoms with Crippen LogP contribution in [0.3, 0.4) is 0 Å². The van der Waals surface area contributed by atoms with E-state index in [1.165, 1.54) is 25.3 Å². The van der Waals surface area contributed by atoms with E-state index in [4.69, 9.17) is 16.3 Å². The third kappa shape index (κ3) is 5.94. The minimum atomic E-state index is -0.658. The molecule has 0 spiro atoms. The predicted octanol–water partition coefficient (Wildman–Crippen LogP) is 4.59. The van der Waals surface area contributed by atoms with Crippen LogP contribution in [0.2, 0.25) is 5.02 Å². The predicted molar refractivity (Wildman–Crippen MR) is 126 cm³/mol. The molecule has 2 aromatic carbocycles. The molecule has 0 unspecified atom stereocenters. The molecule has 1 saturated heterocycles. The maximum Gasteiger partial charge on any atom is 0.339 e. The summed E-state index contributed by atoms with van der Waals surface area (Å²) < 4.78 is 10.4. The monoisotopic (exact) mass is 488 g/mol. The van der Waals surface area contributed by atoms with Crippen molar-refractivity contribution in [2.75, 3.05) is 19.0 Å². The first-order chi connectivity index (χ1) is 15.7. The van der Waals surface area contributed by atoms with Crippen molar-refractivity contribution in [2.45, 2.75) is 20.0 Å². The summed E-state index contributed by atoms with van der Waals surface area (Å²) in [6, 6.07) is 11.4. The lowest BCUT2D eigenvalue weighted by Crippen LogP contribution is -2.36. The molecule has 1 N–H and O–H groups in total. The normalized spacial score (nSPS) is 14.7. The van der Waals surface area contributed by atoms with Crippen molar-refractivity contribution in [2.24, 2.45) is 0 Å². The summed E-state index contributed by atoms with van der Waals surface area (Å²) in [7, 11) is 1.21. The van der Waals surface area contributed by atoms with Gasteiger partial charge in [0.2, 0.25) is 5.91 Å². The molecule has 172 valence electrons. The minimum Gasteiger partial charge on any atom is -0.490 e. The largest absolute Gasteiger partial charge is 0.490 e. The van der Waals surface area contributed by atoms with Gasteiger partial charge in [0.25, 0.3) is 11.1 Å². The Bertz CT molecular complexity index is 1150. The Morgan fingerprint density at radius 3 is 2.61 bits per heavy atom. The van der Waals surface area contributed by atoms with Gasteiger partial charge in [-0.2, -0.15) is 0 Å². The van der Waals surface area contributed by atoms with Crippen molar-refractivity contribution in [1.29, 1.82) is 0 Å². The molecule has 0 atom stereocenters. The van der Waals surface area contributed by atoms with Crippen LogP contribution in [0.5, 0.6) is 5.75 Å². The smallest absolute Gasteiger partial charge is 0.339 e. The summed E-state index contributed by atoms with van der Waals surface area (Å²) in [5.41, 5.74) is 0.998. The Labute approximate surface area is 199 Å². The number of hydrogen-bond donors (Lipinski definition) is 1. The lowest BCUT2D eigenvalue weighted by atomic mass is 10.2. The van der Waals surface area contributed by atoms with Crippen molar-refractivity contribution < 1.29 is 28.7 Å². The fourth-order valence-electron chi connectivity index (χ4n) is 2.95. The van der Waals surface area contributed by atoms with Gasteiger partial charge in [0.15, 0.2) is 0 Å². The molecular formula is C23H21ClN2O6S. The van der Waals surface area contributed by atoms with Gasteiger partial charge < -0.3 is 14.8 Å². The second-order valence-corrected chi connectivity index (χ2v) is 8.61. The van der Waals surface area contributed by atoms with Gasteiger partial charge in [-0.05, 0) is 56.0 Å². The van der Waals surface area contributed by atoms with Crippen LogP contribution >= 0.6 is 23.4 Å². The molecule has 33 heavy (non-hydrogen) atoms. The first kappa shape index (κ1) is 24.3. The van der Waals surface area contributed by atoms with E-state index in [0.29, 0.717) is 11.3 Å². The van der Waals surface area contributed by atoms with Gasteiger partial charge >= 0.3 is 5.97 Å². The van der Waals surface area contributed by atoms with E-state index in [-0.39, 0.29) is 27.3 Å². The first-order valence-corrected chi connectivity index (χ1v) is 11.1. The van der Waals surface area contributed by atoms with E-state index in [1.807, 2.05) is 19.9 Å². The fourth-order valence-corrected chi connectivity index (χ4v) is 3.98.